The molecule has 1 aromatic heterocycles. The molecular formula is C21H23N5O6S. The Morgan fingerprint density at radius 3 is 2.61 bits per heavy atom. The second-order valence-corrected chi connectivity index (χ2v) is 9.03. The van der Waals surface area contributed by atoms with Crippen molar-refractivity contribution >= 4 is 38.4 Å². The molecule has 0 bridgehead atoms. The molecule has 174 valence electrons. The van der Waals surface area contributed by atoms with Crippen molar-refractivity contribution in [2.75, 3.05) is 13.1 Å². The third kappa shape index (κ3) is 6.14. The fourth-order valence-electron chi connectivity index (χ4n) is 3.32. The number of aromatic amines is 1. The summed E-state index contributed by atoms with van der Waals surface area (Å²) in [4.78, 5) is 37.3. The van der Waals surface area contributed by atoms with Crippen LogP contribution in [0.1, 0.15) is 12.5 Å². The minimum Gasteiger partial charge on any atom is -0.361 e. The van der Waals surface area contributed by atoms with E-state index in [0.29, 0.717) is 0 Å². The van der Waals surface area contributed by atoms with Gasteiger partial charge in [0, 0.05) is 55.7 Å². The Morgan fingerprint density at radius 1 is 1.12 bits per heavy atom. The lowest BCUT2D eigenvalue weighted by molar-refractivity contribution is -0.385. The van der Waals surface area contributed by atoms with Crippen LogP contribution in [0.5, 0.6) is 0 Å². The average molecular weight is 474 g/mol. The molecular weight excluding hydrogens is 450 g/mol. The van der Waals surface area contributed by atoms with Crippen molar-refractivity contribution in [3.05, 3.63) is 70.4 Å². The van der Waals surface area contributed by atoms with Crippen LogP contribution in [0.25, 0.3) is 10.9 Å². The summed E-state index contributed by atoms with van der Waals surface area (Å²) in [5.41, 5.74) is 1.41. The molecule has 3 rings (SSSR count). The number of carbonyl (C=O) groups is 2. The van der Waals surface area contributed by atoms with E-state index < -0.39 is 26.9 Å². The second kappa shape index (κ2) is 10.2. The van der Waals surface area contributed by atoms with Crippen molar-refractivity contribution in [2.24, 2.45) is 0 Å². The van der Waals surface area contributed by atoms with Crippen molar-refractivity contribution in [1.82, 2.24) is 20.3 Å². The van der Waals surface area contributed by atoms with E-state index in [0.717, 1.165) is 22.5 Å². The number of benzene rings is 2. The molecule has 3 aromatic rings. The van der Waals surface area contributed by atoms with Crippen LogP contribution in [0.3, 0.4) is 0 Å². The lowest BCUT2D eigenvalue weighted by atomic mass is 10.0. The van der Waals surface area contributed by atoms with Crippen LogP contribution in [0.15, 0.2) is 59.6 Å². The van der Waals surface area contributed by atoms with Crippen molar-refractivity contribution in [3.63, 3.8) is 0 Å². The average Bonchev–Trinajstić information content (AvgIpc) is 3.19. The maximum atomic E-state index is 12.7. The molecule has 0 aliphatic heterocycles. The molecule has 2 amide bonds. The summed E-state index contributed by atoms with van der Waals surface area (Å²) in [6, 6.07) is 11.4. The van der Waals surface area contributed by atoms with Crippen LogP contribution < -0.4 is 15.4 Å². The Kier molecular flexibility index (Phi) is 7.41. The summed E-state index contributed by atoms with van der Waals surface area (Å²) in [6.07, 6.45) is 2.02. The van der Waals surface area contributed by atoms with Gasteiger partial charge >= 0.3 is 0 Å². The minimum atomic E-state index is -4.00. The molecule has 0 spiro atoms. The van der Waals surface area contributed by atoms with Gasteiger partial charge in [0.2, 0.25) is 21.8 Å². The standard InChI is InChI=1S/C21H23N5O6S/c1-14(27)25-20(11-15-13-23-19-8-3-2-7-18(15)19)21(28)22-9-10-24-33(31,32)17-6-4-5-16(12-17)26(29)30/h2-8,12-13,20,23-24H,9-11H2,1H3,(H,22,28)(H,25,27). The Bertz CT molecular complexity index is 1290. The van der Waals surface area contributed by atoms with Crippen molar-refractivity contribution in [3.8, 4) is 0 Å². The summed E-state index contributed by atoms with van der Waals surface area (Å²) in [6.45, 7) is 1.12. The highest BCUT2D eigenvalue weighted by Crippen LogP contribution is 2.19. The predicted octanol–water partition coefficient (Wildman–Crippen LogP) is 1.22. The van der Waals surface area contributed by atoms with Gasteiger partial charge in [-0.3, -0.25) is 19.7 Å². The summed E-state index contributed by atoms with van der Waals surface area (Å²) in [7, 11) is -4.00. The number of aromatic nitrogens is 1. The van der Waals surface area contributed by atoms with Crippen LogP contribution in [-0.4, -0.2) is 49.3 Å². The number of nitrogens with zero attached hydrogens (tertiary/aromatic N) is 1. The number of rotatable bonds is 10. The molecule has 0 saturated heterocycles. The summed E-state index contributed by atoms with van der Waals surface area (Å²) < 4.78 is 27.0. The number of nitro benzene ring substituents is 1. The van der Waals surface area contributed by atoms with E-state index in [-0.39, 0.29) is 36.0 Å². The Hall–Kier alpha value is -3.77. The quantitative estimate of drug-likeness (QED) is 0.196. The normalized spacial score (nSPS) is 12.3. The number of sulfonamides is 1. The maximum absolute atomic E-state index is 12.7. The molecule has 0 aliphatic carbocycles. The van der Waals surface area contributed by atoms with E-state index in [2.05, 4.69) is 20.3 Å². The number of nitro groups is 1. The third-order valence-electron chi connectivity index (χ3n) is 4.85. The largest absolute Gasteiger partial charge is 0.361 e. The molecule has 1 unspecified atom stereocenters. The zero-order chi connectivity index (χ0) is 24.0. The first-order valence-corrected chi connectivity index (χ1v) is 11.5. The number of para-hydroxylation sites is 1. The summed E-state index contributed by atoms with van der Waals surface area (Å²) >= 11 is 0. The Morgan fingerprint density at radius 2 is 1.88 bits per heavy atom. The molecule has 0 aliphatic rings. The molecule has 0 fully saturated rings. The fourth-order valence-corrected chi connectivity index (χ4v) is 4.39. The number of hydrogen-bond acceptors (Lipinski definition) is 6. The SMILES string of the molecule is CC(=O)NC(Cc1c[nH]c2ccccc12)C(=O)NCCNS(=O)(=O)c1cccc([N+](=O)[O-])c1. The Balaban J connectivity index is 1.59. The number of fused-ring (bicyclic) bond motifs is 1. The second-order valence-electron chi connectivity index (χ2n) is 7.26. The van der Waals surface area contributed by atoms with Gasteiger partial charge in [-0.05, 0) is 17.7 Å². The zero-order valence-electron chi connectivity index (χ0n) is 17.7. The van der Waals surface area contributed by atoms with Crippen LogP contribution in [0.2, 0.25) is 0 Å². The smallest absolute Gasteiger partial charge is 0.270 e. The van der Waals surface area contributed by atoms with Crippen LogP contribution in [0, 0.1) is 10.1 Å². The van der Waals surface area contributed by atoms with Crippen LogP contribution in [0.4, 0.5) is 5.69 Å². The van der Waals surface area contributed by atoms with E-state index in [1.54, 1.807) is 6.20 Å². The number of carbonyl (C=O) groups excluding carboxylic acids is 2. The van der Waals surface area contributed by atoms with Crippen molar-refractivity contribution in [1.29, 1.82) is 0 Å². The van der Waals surface area contributed by atoms with Gasteiger partial charge in [-0.1, -0.05) is 24.3 Å². The molecule has 1 atom stereocenters. The first-order valence-electron chi connectivity index (χ1n) is 10.0. The highest BCUT2D eigenvalue weighted by molar-refractivity contribution is 7.89. The van der Waals surface area contributed by atoms with E-state index in [1.165, 1.54) is 25.1 Å². The molecule has 11 nitrogen and oxygen atoms in total. The highest BCUT2D eigenvalue weighted by atomic mass is 32.2. The summed E-state index contributed by atoms with van der Waals surface area (Å²) in [5.74, 6) is -0.841. The number of non-ortho nitro benzene ring substituents is 1. The highest BCUT2D eigenvalue weighted by Gasteiger charge is 2.22. The van der Waals surface area contributed by atoms with Crippen molar-refractivity contribution < 1.29 is 22.9 Å². The van der Waals surface area contributed by atoms with Gasteiger partial charge in [-0.2, -0.15) is 0 Å². The molecule has 0 saturated carbocycles. The summed E-state index contributed by atoms with van der Waals surface area (Å²) in [5, 5.41) is 17.0. The number of amides is 2. The van der Waals surface area contributed by atoms with Gasteiger partial charge in [-0.15, -0.1) is 0 Å². The monoisotopic (exact) mass is 473 g/mol. The first kappa shape index (κ1) is 23.9. The molecule has 12 heteroatoms. The molecule has 0 radical (unpaired) electrons. The fraction of sp³-hybridized carbons (Fsp3) is 0.238. The van der Waals surface area contributed by atoms with E-state index in [1.807, 2.05) is 24.3 Å². The van der Waals surface area contributed by atoms with Crippen LogP contribution in [-0.2, 0) is 26.0 Å². The lowest BCUT2D eigenvalue weighted by Crippen LogP contribution is -2.48. The van der Waals surface area contributed by atoms with Crippen LogP contribution >= 0.6 is 0 Å². The van der Waals surface area contributed by atoms with Gasteiger partial charge in [0.05, 0.1) is 9.82 Å². The van der Waals surface area contributed by atoms with Gasteiger partial charge in [0.1, 0.15) is 6.04 Å². The molecule has 33 heavy (non-hydrogen) atoms. The van der Waals surface area contributed by atoms with Gasteiger partial charge < -0.3 is 15.6 Å². The molecule has 2 aromatic carbocycles. The lowest BCUT2D eigenvalue weighted by Gasteiger charge is -2.17. The van der Waals surface area contributed by atoms with Gasteiger partial charge in [0.25, 0.3) is 5.69 Å². The topological polar surface area (TPSA) is 163 Å². The van der Waals surface area contributed by atoms with Gasteiger partial charge in [-0.25, -0.2) is 13.1 Å². The first-order chi connectivity index (χ1) is 15.7. The maximum Gasteiger partial charge on any atom is 0.270 e. The van der Waals surface area contributed by atoms with E-state index in [9.17, 15) is 28.1 Å². The number of hydrogen-bond donors (Lipinski definition) is 4. The van der Waals surface area contributed by atoms with E-state index in [4.69, 9.17) is 0 Å². The third-order valence-corrected chi connectivity index (χ3v) is 6.31. The van der Waals surface area contributed by atoms with Crippen molar-refractivity contribution in [2.45, 2.75) is 24.3 Å². The van der Waals surface area contributed by atoms with E-state index >= 15 is 0 Å². The minimum absolute atomic E-state index is 0.0447. The van der Waals surface area contributed by atoms with Gasteiger partial charge in [0.15, 0.2) is 0 Å². The number of H-pyrrole nitrogens is 1. The zero-order valence-corrected chi connectivity index (χ0v) is 18.5. The predicted molar refractivity (Wildman–Crippen MR) is 121 cm³/mol. The number of nitrogens with one attached hydrogen (secondary N) is 4. The molecule has 4 N–H and O–H groups in total. The molecule has 1 heterocycles. The Labute approximate surface area is 189 Å².